The Kier molecular flexibility index (Phi) is 3.75. The number of fused-ring (bicyclic) bond motifs is 1. The zero-order valence-corrected chi connectivity index (χ0v) is 11.3. The van der Waals surface area contributed by atoms with E-state index >= 15 is 0 Å². The van der Waals surface area contributed by atoms with E-state index in [0.29, 0.717) is 29.4 Å². The van der Waals surface area contributed by atoms with Gasteiger partial charge in [-0.2, -0.15) is 0 Å². The molecule has 0 bridgehead atoms. The molecule has 1 amide bonds. The number of carbonyl (C=O) groups excluding carboxylic acids is 1. The molecule has 0 saturated carbocycles. The van der Waals surface area contributed by atoms with Crippen LogP contribution in [0, 0.1) is 0 Å². The number of aliphatic hydroxyl groups excluding tert-OH is 1. The number of anilines is 1. The van der Waals surface area contributed by atoms with E-state index in [-0.39, 0.29) is 19.1 Å². The highest BCUT2D eigenvalue weighted by Crippen LogP contribution is 2.39. The van der Waals surface area contributed by atoms with E-state index in [4.69, 9.17) is 9.47 Å². The molecule has 0 fully saturated rings. The van der Waals surface area contributed by atoms with Crippen molar-refractivity contribution in [2.45, 2.75) is 13.2 Å². The number of ether oxygens (including phenoxy) is 2. The first-order valence-electron chi connectivity index (χ1n) is 6.63. The first kappa shape index (κ1) is 13.5. The SMILES string of the molecule is O=C1COc2c(cc(CO)cc2OCc2ccccc2)N1. The summed E-state index contributed by atoms with van der Waals surface area (Å²) in [6, 6.07) is 13.2. The van der Waals surface area contributed by atoms with Gasteiger partial charge in [0.2, 0.25) is 0 Å². The number of aliphatic hydroxyl groups is 1. The summed E-state index contributed by atoms with van der Waals surface area (Å²) in [5.41, 5.74) is 2.21. The minimum atomic E-state index is -0.216. The molecule has 2 N–H and O–H groups in total. The third kappa shape index (κ3) is 2.98. The molecule has 2 aromatic carbocycles. The zero-order chi connectivity index (χ0) is 14.7. The Morgan fingerprint density at radius 3 is 2.76 bits per heavy atom. The van der Waals surface area contributed by atoms with Crippen molar-refractivity contribution < 1.29 is 19.4 Å². The van der Waals surface area contributed by atoms with E-state index in [2.05, 4.69) is 5.32 Å². The summed E-state index contributed by atoms with van der Waals surface area (Å²) in [5, 5.41) is 12.0. The second-order valence-corrected chi connectivity index (χ2v) is 4.74. The molecule has 5 heteroatoms. The summed E-state index contributed by atoms with van der Waals surface area (Å²) in [7, 11) is 0. The molecule has 5 nitrogen and oxygen atoms in total. The average Bonchev–Trinajstić information content (AvgIpc) is 2.52. The number of benzene rings is 2. The molecule has 1 aliphatic heterocycles. The van der Waals surface area contributed by atoms with E-state index in [1.165, 1.54) is 0 Å². The van der Waals surface area contributed by atoms with Crippen molar-refractivity contribution >= 4 is 11.6 Å². The normalized spacial score (nSPS) is 13.1. The highest BCUT2D eigenvalue weighted by Gasteiger charge is 2.21. The van der Waals surface area contributed by atoms with Crippen LogP contribution in [0.3, 0.4) is 0 Å². The van der Waals surface area contributed by atoms with Crippen molar-refractivity contribution in [1.29, 1.82) is 0 Å². The molecule has 0 aromatic heterocycles. The molecule has 1 heterocycles. The second-order valence-electron chi connectivity index (χ2n) is 4.74. The van der Waals surface area contributed by atoms with Crippen LogP contribution in [-0.2, 0) is 18.0 Å². The van der Waals surface area contributed by atoms with Crippen molar-refractivity contribution in [1.82, 2.24) is 0 Å². The van der Waals surface area contributed by atoms with Gasteiger partial charge in [-0.3, -0.25) is 4.79 Å². The number of nitrogens with one attached hydrogen (secondary N) is 1. The molecule has 21 heavy (non-hydrogen) atoms. The number of amides is 1. The Labute approximate surface area is 122 Å². The third-order valence-electron chi connectivity index (χ3n) is 3.16. The fourth-order valence-electron chi connectivity index (χ4n) is 2.16. The maximum absolute atomic E-state index is 11.4. The fraction of sp³-hybridized carbons (Fsp3) is 0.188. The van der Waals surface area contributed by atoms with Crippen molar-refractivity contribution in [3.8, 4) is 11.5 Å². The standard InChI is InChI=1S/C16H15NO4/c18-8-12-6-13-16(21-10-15(19)17-13)14(7-12)20-9-11-4-2-1-3-5-11/h1-7,18H,8-10H2,(H,17,19). The topological polar surface area (TPSA) is 67.8 Å². The van der Waals surface area contributed by atoms with E-state index in [0.717, 1.165) is 5.56 Å². The third-order valence-corrected chi connectivity index (χ3v) is 3.16. The first-order valence-corrected chi connectivity index (χ1v) is 6.63. The molecule has 0 spiro atoms. The summed E-state index contributed by atoms with van der Waals surface area (Å²) < 4.78 is 11.2. The highest BCUT2D eigenvalue weighted by molar-refractivity contribution is 5.96. The minimum Gasteiger partial charge on any atom is -0.485 e. The monoisotopic (exact) mass is 285 g/mol. The molecule has 0 radical (unpaired) electrons. The quantitative estimate of drug-likeness (QED) is 0.902. The summed E-state index contributed by atoms with van der Waals surface area (Å²) in [4.78, 5) is 11.4. The smallest absolute Gasteiger partial charge is 0.262 e. The van der Waals surface area contributed by atoms with Crippen LogP contribution < -0.4 is 14.8 Å². The zero-order valence-electron chi connectivity index (χ0n) is 11.3. The lowest BCUT2D eigenvalue weighted by Crippen LogP contribution is -2.25. The van der Waals surface area contributed by atoms with Gasteiger partial charge in [0, 0.05) is 0 Å². The van der Waals surface area contributed by atoms with Gasteiger partial charge < -0.3 is 19.9 Å². The Morgan fingerprint density at radius 1 is 1.19 bits per heavy atom. The Bertz CT molecular complexity index is 655. The largest absolute Gasteiger partial charge is 0.485 e. The van der Waals surface area contributed by atoms with Crippen LogP contribution in [0.1, 0.15) is 11.1 Å². The lowest BCUT2D eigenvalue weighted by Gasteiger charge is -2.21. The molecular formula is C16H15NO4. The number of hydrogen-bond acceptors (Lipinski definition) is 4. The maximum Gasteiger partial charge on any atom is 0.262 e. The molecule has 0 aliphatic carbocycles. The minimum absolute atomic E-state index is 0.0346. The molecule has 1 aliphatic rings. The van der Waals surface area contributed by atoms with Crippen LogP contribution in [0.25, 0.3) is 0 Å². The summed E-state index contributed by atoms with van der Waals surface area (Å²) in [6.07, 6.45) is 0. The molecular weight excluding hydrogens is 270 g/mol. The number of rotatable bonds is 4. The lowest BCUT2D eigenvalue weighted by molar-refractivity contribution is -0.118. The molecule has 0 saturated heterocycles. The van der Waals surface area contributed by atoms with Gasteiger partial charge in [-0.15, -0.1) is 0 Å². The van der Waals surface area contributed by atoms with Crippen LogP contribution in [0.15, 0.2) is 42.5 Å². The Morgan fingerprint density at radius 2 is 2.00 bits per heavy atom. The van der Waals surface area contributed by atoms with Crippen LogP contribution in [-0.4, -0.2) is 17.6 Å². The summed E-state index contributed by atoms with van der Waals surface area (Å²) >= 11 is 0. The van der Waals surface area contributed by atoms with E-state index in [1.807, 2.05) is 30.3 Å². The van der Waals surface area contributed by atoms with Gasteiger partial charge in [0.15, 0.2) is 18.1 Å². The van der Waals surface area contributed by atoms with Gasteiger partial charge in [0.1, 0.15) is 6.61 Å². The maximum atomic E-state index is 11.4. The predicted octanol–water partition coefficient (Wildman–Crippen LogP) is 2.09. The molecule has 2 aromatic rings. The van der Waals surface area contributed by atoms with Crippen LogP contribution in [0.4, 0.5) is 5.69 Å². The molecule has 108 valence electrons. The van der Waals surface area contributed by atoms with Crippen LogP contribution in [0.5, 0.6) is 11.5 Å². The van der Waals surface area contributed by atoms with Crippen molar-refractivity contribution in [3.05, 3.63) is 53.6 Å². The summed E-state index contributed by atoms with van der Waals surface area (Å²) in [5.74, 6) is 0.801. The molecule has 0 atom stereocenters. The second kappa shape index (κ2) is 5.85. The van der Waals surface area contributed by atoms with Crippen LogP contribution >= 0.6 is 0 Å². The summed E-state index contributed by atoms with van der Waals surface area (Å²) in [6.45, 7) is 0.220. The Hall–Kier alpha value is -2.53. The van der Waals surface area contributed by atoms with Gasteiger partial charge in [0.25, 0.3) is 5.91 Å². The fourth-order valence-corrected chi connectivity index (χ4v) is 2.16. The van der Waals surface area contributed by atoms with Crippen molar-refractivity contribution in [2.75, 3.05) is 11.9 Å². The van der Waals surface area contributed by atoms with Gasteiger partial charge >= 0.3 is 0 Å². The van der Waals surface area contributed by atoms with Gasteiger partial charge in [-0.1, -0.05) is 30.3 Å². The highest BCUT2D eigenvalue weighted by atomic mass is 16.5. The van der Waals surface area contributed by atoms with Gasteiger partial charge in [-0.05, 0) is 23.3 Å². The number of hydrogen-bond donors (Lipinski definition) is 2. The van der Waals surface area contributed by atoms with Gasteiger partial charge in [-0.25, -0.2) is 0 Å². The molecule has 3 rings (SSSR count). The van der Waals surface area contributed by atoms with E-state index in [9.17, 15) is 9.90 Å². The Balaban J connectivity index is 1.87. The van der Waals surface area contributed by atoms with Gasteiger partial charge in [0.05, 0.1) is 12.3 Å². The van der Waals surface area contributed by atoms with E-state index < -0.39 is 0 Å². The van der Waals surface area contributed by atoms with Crippen molar-refractivity contribution in [3.63, 3.8) is 0 Å². The lowest BCUT2D eigenvalue weighted by atomic mass is 10.1. The van der Waals surface area contributed by atoms with Crippen LogP contribution in [0.2, 0.25) is 0 Å². The van der Waals surface area contributed by atoms with E-state index in [1.54, 1.807) is 12.1 Å². The van der Waals surface area contributed by atoms with Crippen molar-refractivity contribution in [2.24, 2.45) is 0 Å². The predicted molar refractivity (Wildman–Crippen MR) is 77.3 cm³/mol. The first-order chi connectivity index (χ1) is 10.3. The number of carbonyl (C=O) groups is 1. The molecule has 0 unspecified atom stereocenters. The average molecular weight is 285 g/mol.